The van der Waals surface area contributed by atoms with Crippen LogP contribution in [0.25, 0.3) is 16.8 Å². The summed E-state index contributed by atoms with van der Waals surface area (Å²) in [6, 6.07) is 8.73. The van der Waals surface area contributed by atoms with Crippen molar-refractivity contribution in [3.63, 3.8) is 0 Å². The van der Waals surface area contributed by atoms with Gasteiger partial charge >= 0.3 is 6.03 Å². The average Bonchev–Trinajstić information content (AvgIpc) is 3.40. The molecule has 1 aromatic carbocycles. The number of carbonyl (C=O) groups is 1. The minimum atomic E-state index is -0.487. The lowest BCUT2D eigenvalue weighted by Crippen LogP contribution is -2.33. The molecule has 3 N–H and O–H groups in total. The number of pyridine rings is 2. The first-order chi connectivity index (χ1) is 15.9. The minimum absolute atomic E-state index is 0.182. The van der Waals surface area contributed by atoms with Gasteiger partial charge in [-0.2, -0.15) is 10.0 Å². The van der Waals surface area contributed by atoms with E-state index >= 15 is 0 Å². The van der Waals surface area contributed by atoms with Crippen LogP contribution in [0.3, 0.4) is 0 Å². The van der Waals surface area contributed by atoms with Crippen LogP contribution in [0.1, 0.15) is 23.7 Å². The van der Waals surface area contributed by atoms with Crippen molar-refractivity contribution in [1.82, 2.24) is 24.6 Å². The first-order valence-electron chi connectivity index (χ1n) is 10.2. The fourth-order valence-electron chi connectivity index (χ4n) is 3.80. The van der Waals surface area contributed by atoms with Gasteiger partial charge in [-0.3, -0.25) is 9.82 Å². The number of nitrogens with zero attached hydrogens (tertiary/aromatic N) is 5. The summed E-state index contributed by atoms with van der Waals surface area (Å²) in [7, 11) is 0. The van der Waals surface area contributed by atoms with Crippen molar-refractivity contribution < 1.29 is 14.0 Å². The third-order valence-electron chi connectivity index (χ3n) is 5.38. The van der Waals surface area contributed by atoms with Crippen LogP contribution in [0.15, 0.2) is 48.8 Å². The highest BCUT2D eigenvalue weighted by atomic mass is 35.5. The van der Waals surface area contributed by atoms with Crippen LogP contribution >= 0.6 is 11.6 Å². The maximum atomic E-state index is 13.8. The number of amides is 2. The molecule has 2 amide bonds. The lowest BCUT2D eigenvalue weighted by Gasteiger charge is -2.23. The molecule has 1 fully saturated rings. The predicted molar refractivity (Wildman–Crippen MR) is 121 cm³/mol. The second-order valence-electron chi connectivity index (χ2n) is 7.64. The number of hydrogen-bond donors (Lipinski definition) is 2. The quantitative estimate of drug-likeness (QED) is 0.462. The molecule has 33 heavy (non-hydrogen) atoms. The summed E-state index contributed by atoms with van der Waals surface area (Å²) in [5, 5.41) is 8.44. The molecule has 9 nitrogen and oxygen atoms in total. The third-order valence-corrected chi connectivity index (χ3v) is 5.60. The monoisotopic (exact) mass is 467 g/mol. The summed E-state index contributed by atoms with van der Waals surface area (Å²) in [5.74, 6) is -0.287. The van der Waals surface area contributed by atoms with Crippen LogP contribution in [0.4, 0.5) is 20.8 Å². The van der Waals surface area contributed by atoms with E-state index in [4.69, 9.17) is 22.2 Å². The van der Waals surface area contributed by atoms with Gasteiger partial charge in [-0.05, 0) is 48.9 Å². The van der Waals surface area contributed by atoms with Gasteiger partial charge in [-0.25, -0.2) is 13.7 Å². The van der Waals surface area contributed by atoms with E-state index in [1.165, 1.54) is 17.2 Å². The van der Waals surface area contributed by atoms with Crippen LogP contribution in [-0.2, 0) is 4.84 Å². The van der Waals surface area contributed by atoms with Crippen molar-refractivity contribution in [3.05, 3.63) is 70.9 Å². The fourth-order valence-corrected chi connectivity index (χ4v) is 4.03. The number of anilines is 2. The van der Waals surface area contributed by atoms with E-state index in [-0.39, 0.29) is 11.0 Å². The number of aromatic nitrogens is 4. The van der Waals surface area contributed by atoms with Crippen LogP contribution in [0.2, 0.25) is 5.02 Å². The summed E-state index contributed by atoms with van der Waals surface area (Å²) < 4.78 is 15.4. The Labute approximate surface area is 192 Å². The van der Waals surface area contributed by atoms with Crippen molar-refractivity contribution in [1.29, 1.82) is 0 Å². The number of halogens is 2. The van der Waals surface area contributed by atoms with Crippen molar-refractivity contribution in [2.75, 3.05) is 17.7 Å². The molecule has 1 atom stereocenters. The second-order valence-corrected chi connectivity index (χ2v) is 8.08. The molecule has 0 aliphatic carbocycles. The molecule has 11 heteroatoms. The Morgan fingerprint density at radius 1 is 1.27 bits per heavy atom. The molecule has 0 bridgehead atoms. The molecule has 4 aromatic rings. The molecule has 1 aliphatic rings. The molecule has 0 radical (unpaired) electrons. The normalized spacial score (nSPS) is 15.8. The van der Waals surface area contributed by atoms with Crippen LogP contribution in [0, 0.1) is 12.7 Å². The standard InChI is InChI=1S/C22H19ClFN7O2/c1-12-18(8-15(10-26-12)13-2-3-20-28-21(25)29-30(20)11-13)27-22(32)31-19(4-5-33-31)14-6-16(23)9-17(24)7-14/h2-3,6-11,19H,4-5H2,1H3,(H2,25,29)(H,27,32). The number of benzene rings is 1. The molecule has 0 saturated carbocycles. The molecule has 1 saturated heterocycles. The van der Waals surface area contributed by atoms with E-state index in [9.17, 15) is 9.18 Å². The Hall–Kier alpha value is -3.76. The van der Waals surface area contributed by atoms with Crippen molar-refractivity contribution in [2.24, 2.45) is 0 Å². The zero-order chi connectivity index (χ0) is 23.1. The molecular formula is C22H19ClFN7O2. The van der Waals surface area contributed by atoms with E-state index in [2.05, 4.69) is 20.4 Å². The summed E-state index contributed by atoms with van der Waals surface area (Å²) >= 11 is 5.99. The number of nitrogen functional groups attached to an aromatic ring is 1. The number of nitrogens with one attached hydrogen (secondary N) is 1. The topological polar surface area (TPSA) is 111 Å². The summed E-state index contributed by atoms with van der Waals surface area (Å²) in [6.45, 7) is 2.11. The second kappa shape index (κ2) is 8.30. The van der Waals surface area contributed by atoms with Gasteiger partial charge in [0.1, 0.15) is 5.82 Å². The zero-order valence-corrected chi connectivity index (χ0v) is 18.3. The Kier molecular flexibility index (Phi) is 5.31. The third kappa shape index (κ3) is 4.18. The van der Waals surface area contributed by atoms with Crippen molar-refractivity contribution >= 4 is 34.9 Å². The molecule has 0 spiro atoms. The largest absolute Gasteiger partial charge is 0.366 e. The Balaban J connectivity index is 1.40. The van der Waals surface area contributed by atoms with Crippen LogP contribution in [-0.4, -0.2) is 37.3 Å². The highest BCUT2D eigenvalue weighted by Crippen LogP contribution is 2.33. The van der Waals surface area contributed by atoms with E-state index in [0.717, 1.165) is 11.1 Å². The van der Waals surface area contributed by atoms with Gasteiger partial charge in [0, 0.05) is 35.0 Å². The van der Waals surface area contributed by atoms with E-state index in [0.29, 0.717) is 35.6 Å². The number of hydroxylamine groups is 2. The number of hydrogen-bond acceptors (Lipinski definition) is 6. The lowest BCUT2D eigenvalue weighted by molar-refractivity contribution is -0.0830. The smallest absolute Gasteiger partial charge is 0.346 e. The van der Waals surface area contributed by atoms with Gasteiger partial charge in [0.05, 0.1) is 24.0 Å². The Morgan fingerprint density at radius 2 is 2.12 bits per heavy atom. The van der Waals surface area contributed by atoms with E-state index in [1.807, 2.05) is 12.1 Å². The Morgan fingerprint density at radius 3 is 2.94 bits per heavy atom. The highest BCUT2D eigenvalue weighted by Gasteiger charge is 2.32. The van der Waals surface area contributed by atoms with Gasteiger partial charge in [-0.1, -0.05) is 11.6 Å². The maximum Gasteiger partial charge on any atom is 0.346 e. The van der Waals surface area contributed by atoms with Crippen molar-refractivity contribution in [2.45, 2.75) is 19.4 Å². The number of fused-ring (bicyclic) bond motifs is 1. The van der Waals surface area contributed by atoms with Gasteiger partial charge in [-0.15, -0.1) is 5.10 Å². The zero-order valence-electron chi connectivity index (χ0n) is 17.5. The summed E-state index contributed by atoms with van der Waals surface area (Å²) in [6.07, 6.45) is 4.01. The van der Waals surface area contributed by atoms with E-state index in [1.54, 1.807) is 36.0 Å². The predicted octanol–water partition coefficient (Wildman–Crippen LogP) is 4.38. The van der Waals surface area contributed by atoms with E-state index < -0.39 is 17.9 Å². The summed E-state index contributed by atoms with van der Waals surface area (Å²) in [4.78, 5) is 27.1. The molecule has 1 aliphatic heterocycles. The van der Waals surface area contributed by atoms with Crippen LogP contribution in [0.5, 0.6) is 0 Å². The number of urea groups is 1. The van der Waals surface area contributed by atoms with Gasteiger partial charge in [0.15, 0.2) is 5.65 Å². The molecular weight excluding hydrogens is 449 g/mol. The number of rotatable bonds is 3. The minimum Gasteiger partial charge on any atom is -0.366 e. The molecule has 4 heterocycles. The number of nitrogens with two attached hydrogens (primary N) is 1. The number of carbonyl (C=O) groups excluding carboxylic acids is 1. The molecule has 5 rings (SSSR count). The SMILES string of the molecule is Cc1ncc(-c2ccc3nc(N)nn3c2)cc1NC(=O)N1OCCC1c1cc(F)cc(Cl)c1. The lowest BCUT2D eigenvalue weighted by atomic mass is 10.0. The number of aryl methyl sites for hydroxylation is 1. The van der Waals surface area contributed by atoms with Gasteiger partial charge < -0.3 is 11.1 Å². The van der Waals surface area contributed by atoms with Gasteiger partial charge in [0.25, 0.3) is 0 Å². The van der Waals surface area contributed by atoms with Gasteiger partial charge in [0.2, 0.25) is 5.95 Å². The summed E-state index contributed by atoms with van der Waals surface area (Å²) in [5.41, 5.74) is 9.58. The van der Waals surface area contributed by atoms with Crippen LogP contribution < -0.4 is 11.1 Å². The first kappa shape index (κ1) is 21.1. The molecule has 168 valence electrons. The fraction of sp³-hybridized carbons (Fsp3) is 0.182. The van der Waals surface area contributed by atoms with Crippen molar-refractivity contribution in [3.8, 4) is 11.1 Å². The molecule has 1 unspecified atom stereocenters. The molecule has 3 aromatic heterocycles. The Bertz CT molecular complexity index is 1360. The first-order valence-corrected chi connectivity index (χ1v) is 10.5. The average molecular weight is 468 g/mol. The maximum absolute atomic E-state index is 13.8. The highest BCUT2D eigenvalue weighted by molar-refractivity contribution is 6.30.